The Kier molecular flexibility index (Phi) is 14.3. The molecule has 0 aromatic carbocycles. The zero-order valence-corrected chi connectivity index (χ0v) is 18.3. The van der Waals surface area contributed by atoms with Gasteiger partial charge in [-0.2, -0.15) is 11.8 Å². The number of Topliss-reactive ketones (excluding diaryl/α,β-unsaturated/α-hetero) is 1. The summed E-state index contributed by atoms with van der Waals surface area (Å²) in [7, 11) is 0. The molecule has 6 nitrogen and oxygen atoms in total. The summed E-state index contributed by atoms with van der Waals surface area (Å²) < 4.78 is 10.5. The smallest absolute Gasteiger partial charge is 0.323 e. The zero-order chi connectivity index (χ0) is 20.6. The molecule has 1 saturated carbocycles. The molecule has 1 fully saturated rings. The molecule has 7 heteroatoms. The molecule has 0 aromatic heterocycles. The van der Waals surface area contributed by atoms with E-state index in [1.807, 2.05) is 6.92 Å². The average molecular weight is 416 g/mol. The average Bonchev–Trinajstić information content (AvgIpc) is 2.72. The van der Waals surface area contributed by atoms with Gasteiger partial charge < -0.3 is 19.6 Å². The molecule has 1 aliphatic carbocycles. The fourth-order valence-corrected chi connectivity index (χ4v) is 4.42. The number of carbonyl (C=O) groups is 3. The number of hydrogen-bond acceptors (Lipinski definition) is 7. The van der Waals surface area contributed by atoms with Crippen molar-refractivity contribution >= 4 is 29.8 Å². The zero-order valence-electron chi connectivity index (χ0n) is 17.5. The van der Waals surface area contributed by atoms with Crippen molar-refractivity contribution in [2.45, 2.75) is 77.4 Å². The van der Waals surface area contributed by atoms with E-state index < -0.39 is 0 Å². The first-order chi connectivity index (χ1) is 13.6. The Morgan fingerprint density at radius 2 is 1.93 bits per heavy atom. The van der Waals surface area contributed by atoms with E-state index in [0.717, 1.165) is 44.1 Å². The van der Waals surface area contributed by atoms with E-state index in [9.17, 15) is 14.4 Å². The maximum absolute atomic E-state index is 12.3. The number of ketones is 1. The molecule has 2 unspecified atom stereocenters. The van der Waals surface area contributed by atoms with Crippen LogP contribution in [0.25, 0.3) is 0 Å². The van der Waals surface area contributed by atoms with Crippen LogP contribution in [0.15, 0.2) is 0 Å². The predicted octanol–water partition coefficient (Wildman–Crippen LogP) is 3.16. The summed E-state index contributed by atoms with van der Waals surface area (Å²) in [6.07, 6.45) is 8.01. The lowest BCUT2D eigenvalue weighted by Crippen LogP contribution is -2.39. The van der Waals surface area contributed by atoms with E-state index in [-0.39, 0.29) is 24.0 Å². The van der Waals surface area contributed by atoms with E-state index in [2.05, 4.69) is 5.32 Å². The summed E-state index contributed by atoms with van der Waals surface area (Å²) in [6.45, 7) is 5.06. The summed E-state index contributed by atoms with van der Waals surface area (Å²) in [6, 6.07) is -0.381. The van der Waals surface area contributed by atoms with Crippen molar-refractivity contribution in [3.05, 3.63) is 0 Å². The van der Waals surface area contributed by atoms with Gasteiger partial charge in [-0.25, -0.2) is 0 Å². The summed E-state index contributed by atoms with van der Waals surface area (Å²) in [5, 5.41) is 3.22. The van der Waals surface area contributed by atoms with Crippen molar-refractivity contribution in [1.29, 1.82) is 0 Å². The number of hydrogen-bond donors (Lipinski definition) is 1. The van der Waals surface area contributed by atoms with Crippen molar-refractivity contribution < 1.29 is 23.9 Å². The minimum absolute atomic E-state index is 0.212. The topological polar surface area (TPSA) is 81.7 Å². The Labute approximate surface area is 173 Å². The quantitative estimate of drug-likeness (QED) is 0.235. The molecule has 1 aliphatic rings. The Balaban J connectivity index is 2.30. The first kappa shape index (κ1) is 25.1. The molecule has 0 spiro atoms. The SMILES string of the molecule is CCOC(=O)C(CCCSCC(C=O)OCC)NCCC(=O)C1CCCCC1. The molecule has 0 radical (unpaired) electrons. The van der Waals surface area contributed by atoms with Gasteiger partial charge in [-0.05, 0) is 45.3 Å². The van der Waals surface area contributed by atoms with Gasteiger partial charge in [-0.15, -0.1) is 0 Å². The van der Waals surface area contributed by atoms with Gasteiger partial charge in [0.1, 0.15) is 24.2 Å². The molecule has 0 saturated heterocycles. The fourth-order valence-electron chi connectivity index (χ4n) is 3.47. The molecule has 0 heterocycles. The normalized spacial score (nSPS) is 17.1. The third kappa shape index (κ3) is 10.6. The van der Waals surface area contributed by atoms with Crippen molar-refractivity contribution in [2.24, 2.45) is 5.92 Å². The monoisotopic (exact) mass is 415 g/mol. The second-order valence-corrected chi connectivity index (χ2v) is 8.31. The highest BCUT2D eigenvalue weighted by Gasteiger charge is 2.22. The van der Waals surface area contributed by atoms with Crippen LogP contribution in [-0.2, 0) is 23.9 Å². The first-order valence-electron chi connectivity index (χ1n) is 10.7. The Hall–Kier alpha value is -0.920. The van der Waals surface area contributed by atoms with Crippen LogP contribution in [0.2, 0.25) is 0 Å². The van der Waals surface area contributed by atoms with Crippen LogP contribution >= 0.6 is 11.8 Å². The number of nitrogens with one attached hydrogen (secondary N) is 1. The van der Waals surface area contributed by atoms with Gasteiger partial charge in [0.2, 0.25) is 0 Å². The molecule has 2 atom stereocenters. The lowest BCUT2D eigenvalue weighted by atomic mass is 9.85. The number of rotatable bonds is 16. The van der Waals surface area contributed by atoms with Crippen molar-refractivity contribution in [3.63, 3.8) is 0 Å². The molecular formula is C21H37NO5S. The van der Waals surface area contributed by atoms with E-state index >= 15 is 0 Å². The number of esters is 1. The highest BCUT2D eigenvalue weighted by atomic mass is 32.2. The van der Waals surface area contributed by atoms with Crippen LogP contribution < -0.4 is 5.32 Å². The highest BCUT2D eigenvalue weighted by molar-refractivity contribution is 7.99. The van der Waals surface area contributed by atoms with Crippen LogP contribution in [0, 0.1) is 5.92 Å². The minimum atomic E-state index is -0.381. The third-order valence-corrected chi connectivity index (χ3v) is 6.13. The molecule has 0 aliphatic heterocycles. The lowest BCUT2D eigenvalue weighted by molar-refractivity contribution is -0.146. The van der Waals surface area contributed by atoms with Crippen molar-refractivity contribution in [2.75, 3.05) is 31.3 Å². The van der Waals surface area contributed by atoms with Crippen LogP contribution in [0.1, 0.15) is 65.2 Å². The van der Waals surface area contributed by atoms with Gasteiger partial charge >= 0.3 is 5.97 Å². The summed E-state index contributed by atoms with van der Waals surface area (Å²) in [5.74, 6) is 1.75. The van der Waals surface area contributed by atoms with Gasteiger partial charge in [0.25, 0.3) is 0 Å². The molecular weight excluding hydrogens is 378 g/mol. The fraction of sp³-hybridized carbons (Fsp3) is 0.857. The van der Waals surface area contributed by atoms with Crippen LogP contribution in [0.5, 0.6) is 0 Å². The van der Waals surface area contributed by atoms with E-state index in [1.54, 1.807) is 18.7 Å². The van der Waals surface area contributed by atoms with Crippen LogP contribution in [0.3, 0.4) is 0 Å². The van der Waals surface area contributed by atoms with Crippen LogP contribution in [0.4, 0.5) is 0 Å². The molecule has 162 valence electrons. The first-order valence-corrected chi connectivity index (χ1v) is 11.8. The number of ether oxygens (including phenoxy) is 2. The molecule has 0 aromatic rings. The van der Waals surface area contributed by atoms with Gasteiger partial charge in [0.05, 0.1) is 6.61 Å². The number of carbonyl (C=O) groups excluding carboxylic acids is 3. The highest BCUT2D eigenvalue weighted by Crippen LogP contribution is 2.25. The molecule has 0 bridgehead atoms. The van der Waals surface area contributed by atoms with E-state index in [1.165, 1.54) is 6.42 Å². The summed E-state index contributed by atoms with van der Waals surface area (Å²) in [4.78, 5) is 35.4. The Morgan fingerprint density at radius 3 is 2.57 bits per heavy atom. The maximum Gasteiger partial charge on any atom is 0.323 e. The maximum atomic E-state index is 12.3. The standard InChI is InChI=1S/C21H37NO5S/c1-3-26-18(15-23)16-28-14-8-11-19(21(25)27-4-2)22-13-12-20(24)17-9-6-5-7-10-17/h15,17-19,22H,3-14,16H2,1-2H3. The third-order valence-electron chi connectivity index (χ3n) is 4.99. The lowest BCUT2D eigenvalue weighted by Gasteiger charge is -2.21. The van der Waals surface area contributed by atoms with E-state index in [0.29, 0.717) is 44.1 Å². The number of thioether (sulfide) groups is 1. The van der Waals surface area contributed by atoms with Crippen molar-refractivity contribution in [3.8, 4) is 0 Å². The largest absolute Gasteiger partial charge is 0.465 e. The molecule has 28 heavy (non-hydrogen) atoms. The molecule has 1 N–H and O–H groups in total. The van der Waals surface area contributed by atoms with Gasteiger partial charge in [0, 0.05) is 31.2 Å². The minimum Gasteiger partial charge on any atom is -0.465 e. The van der Waals surface area contributed by atoms with Gasteiger partial charge in [0.15, 0.2) is 0 Å². The Bertz CT molecular complexity index is 454. The summed E-state index contributed by atoms with van der Waals surface area (Å²) >= 11 is 1.65. The Morgan fingerprint density at radius 1 is 1.18 bits per heavy atom. The predicted molar refractivity (Wildman–Crippen MR) is 113 cm³/mol. The second kappa shape index (κ2) is 15.9. The van der Waals surface area contributed by atoms with Gasteiger partial charge in [-0.3, -0.25) is 9.59 Å². The number of aldehydes is 1. The summed E-state index contributed by atoms with van der Waals surface area (Å²) in [5.41, 5.74) is 0. The molecule has 0 amide bonds. The van der Waals surface area contributed by atoms with Crippen LogP contribution in [-0.4, -0.2) is 61.4 Å². The van der Waals surface area contributed by atoms with E-state index in [4.69, 9.17) is 9.47 Å². The van der Waals surface area contributed by atoms with Crippen molar-refractivity contribution in [1.82, 2.24) is 5.32 Å². The molecule has 1 rings (SSSR count). The second-order valence-electron chi connectivity index (χ2n) is 7.16. The van der Waals surface area contributed by atoms with Gasteiger partial charge in [-0.1, -0.05) is 19.3 Å².